The number of sulfonamides is 1. The number of piperazine rings is 1. The number of pyridine rings is 1. The van der Waals surface area contributed by atoms with Crippen LogP contribution in [0.5, 0.6) is 0 Å². The summed E-state index contributed by atoms with van der Waals surface area (Å²) in [5, 5.41) is 5.87. The van der Waals surface area contributed by atoms with E-state index in [1.807, 2.05) is 6.07 Å². The highest BCUT2D eigenvalue weighted by atomic mass is 35.5. The predicted octanol–water partition coefficient (Wildman–Crippen LogP) is 1.80. The summed E-state index contributed by atoms with van der Waals surface area (Å²) in [6.07, 6.45) is 3.36. The number of hydrogen-bond acceptors (Lipinski definition) is 5. The Bertz CT molecular complexity index is 844. The normalized spacial score (nSPS) is 18.0. The lowest BCUT2D eigenvalue weighted by atomic mass is 10.1. The lowest BCUT2D eigenvalue weighted by Crippen LogP contribution is -2.48. The molecule has 2 heterocycles. The lowest BCUT2D eigenvalue weighted by molar-refractivity contribution is -0.114. The van der Waals surface area contributed by atoms with Crippen LogP contribution in [0.3, 0.4) is 0 Å². The van der Waals surface area contributed by atoms with E-state index in [1.54, 1.807) is 30.6 Å². The number of anilines is 1. The zero-order chi connectivity index (χ0) is 17.9. The second kappa shape index (κ2) is 8.59. The SMILES string of the molecule is CC(=O)Nc1ccc(S(=O)(=O)N2CCNCC2c2cccnc2)cc1.Cl. The maximum Gasteiger partial charge on any atom is 0.243 e. The van der Waals surface area contributed by atoms with Crippen LogP contribution in [0.25, 0.3) is 0 Å². The third-order valence-electron chi connectivity index (χ3n) is 4.04. The molecule has 1 unspecified atom stereocenters. The van der Waals surface area contributed by atoms with Crippen LogP contribution in [0, 0.1) is 0 Å². The van der Waals surface area contributed by atoms with Crippen molar-refractivity contribution >= 4 is 34.0 Å². The molecule has 26 heavy (non-hydrogen) atoms. The molecule has 1 amide bonds. The molecule has 1 fully saturated rings. The number of amides is 1. The molecule has 7 nitrogen and oxygen atoms in total. The molecular weight excluding hydrogens is 376 g/mol. The van der Waals surface area contributed by atoms with Gasteiger partial charge in [0.2, 0.25) is 15.9 Å². The summed E-state index contributed by atoms with van der Waals surface area (Å²) in [5.41, 5.74) is 1.42. The van der Waals surface area contributed by atoms with Crippen molar-refractivity contribution in [3.63, 3.8) is 0 Å². The molecule has 0 saturated carbocycles. The smallest absolute Gasteiger partial charge is 0.243 e. The molecule has 0 radical (unpaired) electrons. The van der Waals surface area contributed by atoms with Gasteiger partial charge in [-0.05, 0) is 35.9 Å². The number of carbonyl (C=O) groups is 1. The standard InChI is InChI=1S/C17H20N4O3S.ClH/c1-13(22)20-15-4-6-16(7-5-15)25(23,24)21-10-9-19-12-17(21)14-3-2-8-18-11-14;/h2-8,11,17,19H,9-10,12H2,1H3,(H,20,22);1H. The average molecular weight is 397 g/mol. The number of rotatable bonds is 4. The summed E-state index contributed by atoms with van der Waals surface area (Å²) in [6, 6.07) is 9.60. The molecule has 1 aromatic carbocycles. The number of aromatic nitrogens is 1. The minimum Gasteiger partial charge on any atom is -0.326 e. The molecule has 9 heteroatoms. The average Bonchev–Trinajstić information content (AvgIpc) is 2.62. The molecule has 2 aromatic rings. The van der Waals surface area contributed by atoms with Gasteiger partial charge >= 0.3 is 0 Å². The summed E-state index contributed by atoms with van der Waals surface area (Å²) in [7, 11) is -3.65. The number of hydrogen-bond donors (Lipinski definition) is 2. The van der Waals surface area contributed by atoms with E-state index in [9.17, 15) is 13.2 Å². The fraction of sp³-hybridized carbons (Fsp3) is 0.294. The van der Waals surface area contributed by atoms with Crippen LogP contribution in [-0.2, 0) is 14.8 Å². The summed E-state index contributed by atoms with van der Waals surface area (Å²) in [4.78, 5) is 15.4. The Balaban J connectivity index is 0.00000243. The third-order valence-corrected chi connectivity index (χ3v) is 5.97. The quantitative estimate of drug-likeness (QED) is 0.822. The summed E-state index contributed by atoms with van der Waals surface area (Å²) < 4.78 is 27.7. The number of nitrogens with one attached hydrogen (secondary N) is 2. The Morgan fingerprint density at radius 1 is 1.27 bits per heavy atom. The minimum atomic E-state index is -3.65. The van der Waals surface area contributed by atoms with E-state index in [-0.39, 0.29) is 29.3 Å². The zero-order valence-electron chi connectivity index (χ0n) is 14.3. The van der Waals surface area contributed by atoms with Crippen LogP contribution < -0.4 is 10.6 Å². The van der Waals surface area contributed by atoms with Crippen molar-refractivity contribution in [1.29, 1.82) is 0 Å². The summed E-state index contributed by atoms with van der Waals surface area (Å²) in [6.45, 7) is 2.92. The Morgan fingerprint density at radius 2 is 2.00 bits per heavy atom. The highest BCUT2D eigenvalue weighted by molar-refractivity contribution is 7.89. The van der Waals surface area contributed by atoms with Gasteiger partial charge in [0.1, 0.15) is 0 Å². The van der Waals surface area contributed by atoms with Crippen molar-refractivity contribution in [2.24, 2.45) is 0 Å². The molecule has 1 saturated heterocycles. The number of nitrogens with zero attached hydrogens (tertiary/aromatic N) is 2. The molecule has 0 spiro atoms. The van der Waals surface area contributed by atoms with E-state index in [2.05, 4.69) is 15.6 Å². The van der Waals surface area contributed by atoms with Crippen LogP contribution in [0.4, 0.5) is 5.69 Å². The Labute approximate surface area is 159 Å². The van der Waals surface area contributed by atoms with Gasteiger partial charge < -0.3 is 10.6 Å². The molecule has 2 N–H and O–H groups in total. The second-order valence-corrected chi connectivity index (χ2v) is 7.72. The van der Waals surface area contributed by atoms with Gasteiger partial charge in [-0.25, -0.2) is 8.42 Å². The Kier molecular flexibility index (Phi) is 6.71. The van der Waals surface area contributed by atoms with Crippen LogP contribution in [0.1, 0.15) is 18.5 Å². The van der Waals surface area contributed by atoms with Gasteiger partial charge in [0.25, 0.3) is 0 Å². The fourth-order valence-corrected chi connectivity index (χ4v) is 4.49. The predicted molar refractivity (Wildman–Crippen MR) is 102 cm³/mol. The molecule has 140 valence electrons. The van der Waals surface area contributed by atoms with Crippen molar-refractivity contribution in [3.8, 4) is 0 Å². The largest absolute Gasteiger partial charge is 0.326 e. The number of halogens is 1. The zero-order valence-corrected chi connectivity index (χ0v) is 15.9. The van der Waals surface area contributed by atoms with Crippen molar-refractivity contribution < 1.29 is 13.2 Å². The van der Waals surface area contributed by atoms with Crippen LogP contribution in [0.15, 0.2) is 53.7 Å². The van der Waals surface area contributed by atoms with Gasteiger partial charge in [0.15, 0.2) is 0 Å². The molecule has 0 bridgehead atoms. The van der Waals surface area contributed by atoms with Crippen LogP contribution in [0.2, 0.25) is 0 Å². The highest BCUT2D eigenvalue weighted by Crippen LogP contribution is 2.29. The minimum absolute atomic E-state index is 0. The van der Waals surface area contributed by atoms with Crippen molar-refractivity contribution in [1.82, 2.24) is 14.6 Å². The van der Waals surface area contributed by atoms with Gasteiger partial charge in [0, 0.05) is 44.6 Å². The molecular formula is C17H21ClN4O3S. The van der Waals surface area contributed by atoms with E-state index in [0.29, 0.717) is 25.3 Å². The maximum absolute atomic E-state index is 13.1. The highest BCUT2D eigenvalue weighted by Gasteiger charge is 2.34. The molecule has 1 aromatic heterocycles. The van der Waals surface area contributed by atoms with Gasteiger partial charge in [-0.3, -0.25) is 9.78 Å². The van der Waals surface area contributed by atoms with Crippen molar-refractivity contribution in [2.75, 3.05) is 25.0 Å². The fourth-order valence-electron chi connectivity index (χ4n) is 2.88. The van der Waals surface area contributed by atoms with Gasteiger partial charge in [-0.1, -0.05) is 6.07 Å². The first-order chi connectivity index (χ1) is 12.0. The van der Waals surface area contributed by atoms with Crippen molar-refractivity contribution in [2.45, 2.75) is 17.9 Å². The number of carbonyl (C=O) groups excluding carboxylic acids is 1. The van der Waals surface area contributed by atoms with E-state index < -0.39 is 10.0 Å². The first kappa shape index (κ1) is 20.3. The van der Waals surface area contributed by atoms with Gasteiger partial charge in [-0.2, -0.15) is 4.31 Å². The topological polar surface area (TPSA) is 91.4 Å². The molecule has 1 aliphatic heterocycles. The second-order valence-electron chi connectivity index (χ2n) is 5.83. The first-order valence-electron chi connectivity index (χ1n) is 7.98. The summed E-state index contributed by atoms with van der Waals surface area (Å²) >= 11 is 0. The van der Waals surface area contributed by atoms with E-state index in [1.165, 1.54) is 23.4 Å². The molecule has 3 rings (SSSR count). The lowest BCUT2D eigenvalue weighted by Gasteiger charge is -2.35. The van der Waals surface area contributed by atoms with Crippen LogP contribution >= 0.6 is 12.4 Å². The monoisotopic (exact) mass is 396 g/mol. The van der Waals surface area contributed by atoms with E-state index >= 15 is 0 Å². The van der Waals surface area contributed by atoms with Gasteiger partial charge in [-0.15, -0.1) is 12.4 Å². The van der Waals surface area contributed by atoms with E-state index in [0.717, 1.165) is 5.56 Å². The summed E-state index contributed by atoms with van der Waals surface area (Å²) in [5.74, 6) is -0.200. The Morgan fingerprint density at radius 3 is 2.62 bits per heavy atom. The number of benzene rings is 1. The van der Waals surface area contributed by atoms with Gasteiger partial charge in [0.05, 0.1) is 10.9 Å². The first-order valence-corrected chi connectivity index (χ1v) is 9.42. The van der Waals surface area contributed by atoms with Crippen LogP contribution in [-0.4, -0.2) is 43.2 Å². The molecule has 0 aliphatic carbocycles. The Hall–Kier alpha value is -2.00. The maximum atomic E-state index is 13.1. The molecule has 1 aliphatic rings. The van der Waals surface area contributed by atoms with E-state index in [4.69, 9.17) is 0 Å². The van der Waals surface area contributed by atoms with Crippen molar-refractivity contribution in [3.05, 3.63) is 54.4 Å². The molecule has 1 atom stereocenters. The third kappa shape index (κ3) is 4.39.